The quantitative estimate of drug-likeness (QED) is 0.729. The van der Waals surface area contributed by atoms with Gasteiger partial charge in [-0.05, 0) is 38.5 Å². The topological polar surface area (TPSA) is 46.5 Å². The lowest BCUT2D eigenvalue weighted by molar-refractivity contribution is -0.154. The summed E-state index contributed by atoms with van der Waals surface area (Å²) in [6.45, 7) is 0. The second-order valence-electron chi connectivity index (χ2n) is 5.00. The van der Waals surface area contributed by atoms with Gasteiger partial charge in [-0.15, -0.1) is 0 Å². The third kappa shape index (κ3) is 2.94. The van der Waals surface area contributed by atoms with E-state index in [0.29, 0.717) is 0 Å². The van der Waals surface area contributed by atoms with Crippen LogP contribution < -0.4 is 0 Å². The molecule has 0 spiro atoms. The van der Waals surface area contributed by atoms with Crippen molar-refractivity contribution in [3.05, 3.63) is 0 Å². The van der Waals surface area contributed by atoms with Crippen LogP contribution in [0.15, 0.2) is 0 Å². The van der Waals surface area contributed by atoms with Gasteiger partial charge in [0, 0.05) is 0 Å². The van der Waals surface area contributed by atoms with Gasteiger partial charge in [0.25, 0.3) is 0 Å². The molecule has 0 aliphatic heterocycles. The Morgan fingerprint density at radius 2 is 1.80 bits per heavy atom. The molecule has 2 rings (SSSR count). The van der Waals surface area contributed by atoms with E-state index in [9.17, 15) is 9.90 Å². The van der Waals surface area contributed by atoms with Crippen LogP contribution in [-0.4, -0.2) is 22.8 Å². The Morgan fingerprint density at radius 3 is 2.40 bits per heavy atom. The molecule has 2 aliphatic carbocycles. The summed E-state index contributed by atoms with van der Waals surface area (Å²) in [6.07, 6.45) is 8.25. The van der Waals surface area contributed by atoms with E-state index < -0.39 is 5.60 Å². The first kappa shape index (κ1) is 10.9. The average molecular weight is 212 g/mol. The molecule has 3 nitrogen and oxygen atoms in total. The fourth-order valence-corrected chi connectivity index (χ4v) is 2.71. The monoisotopic (exact) mass is 212 g/mol. The van der Waals surface area contributed by atoms with Crippen molar-refractivity contribution in [1.82, 2.24) is 0 Å². The maximum absolute atomic E-state index is 11.6. The molecule has 86 valence electrons. The number of hydrogen-bond acceptors (Lipinski definition) is 3. The summed E-state index contributed by atoms with van der Waals surface area (Å²) in [5.74, 6) is -0.202. The van der Waals surface area contributed by atoms with E-state index in [1.54, 1.807) is 0 Å². The highest BCUT2D eigenvalue weighted by Crippen LogP contribution is 2.33. The fourth-order valence-electron chi connectivity index (χ4n) is 2.71. The minimum absolute atomic E-state index is 0.127. The van der Waals surface area contributed by atoms with Gasteiger partial charge in [0.05, 0.1) is 12.0 Å². The number of carbonyl (C=O) groups is 1. The number of hydrogen-bond donors (Lipinski definition) is 1. The second-order valence-corrected chi connectivity index (χ2v) is 5.00. The summed E-state index contributed by atoms with van der Waals surface area (Å²) in [5.41, 5.74) is -0.754. The van der Waals surface area contributed by atoms with Gasteiger partial charge in [0.1, 0.15) is 6.10 Å². The molecule has 0 saturated heterocycles. The van der Waals surface area contributed by atoms with Crippen LogP contribution in [0.2, 0.25) is 0 Å². The van der Waals surface area contributed by atoms with Crippen LogP contribution in [0, 0.1) is 0 Å². The smallest absolute Gasteiger partial charge is 0.308 e. The number of aliphatic hydroxyl groups is 1. The lowest BCUT2D eigenvalue weighted by atomic mass is 9.98. The molecule has 2 aliphatic rings. The van der Waals surface area contributed by atoms with Crippen LogP contribution in [0.5, 0.6) is 0 Å². The minimum Gasteiger partial charge on any atom is -0.462 e. The molecule has 2 fully saturated rings. The molecule has 0 unspecified atom stereocenters. The van der Waals surface area contributed by atoms with Gasteiger partial charge in [-0.25, -0.2) is 0 Å². The predicted molar refractivity (Wildman–Crippen MR) is 56.4 cm³/mol. The standard InChI is InChI=1S/C12H20O3/c13-11(15-10-5-1-2-6-10)9-12(14)7-3-4-8-12/h10,14H,1-9H2. The third-order valence-corrected chi connectivity index (χ3v) is 3.61. The SMILES string of the molecule is O=C(CC1(O)CCCC1)OC1CCCC1. The number of rotatable bonds is 3. The van der Waals surface area contributed by atoms with Gasteiger partial charge in [-0.3, -0.25) is 4.79 Å². The van der Waals surface area contributed by atoms with Crippen LogP contribution in [-0.2, 0) is 9.53 Å². The predicted octanol–water partition coefficient (Wildman–Crippen LogP) is 2.17. The Morgan fingerprint density at radius 1 is 1.20 bits per heavy atom. The summed E-state index contributed by atoms with van der Waals surface area (Å²) in [4.78, 5) is 11.6. The highest BCUT2D eigenvalue weighted by atomic mass is 16.5. The highest BCUT2D eigenvalue weighted by Gasteiger charge is 2.34. The Bertz CT molecular complexity index is 225. The molecular formula is C12H20O3. The van der Waals surface area contributed by atoms with Crippen LogP contribution >= 0.6 is 0 Å². The van der Waals surface area contributed by atoms with Crippen molar-refractivity contribution in [2.24, 2.45) is 0 Å². The van der Waals surface area contributed by atoms with E-state index >= 15 is 0 Å². The van der Waals surface area contributed by atoms with Gasteiger partial charge in [-0.1, -0.05) is 12.8 Å². The Labute approximate surface area is 90.8 Å². The van der Waals surface area contributed by atoms with E-state index in [0.717, 1.165) is 38.5 Å². The molecule has 15 heavy (non-hydrogen) atoms. The maximum Gasteiger partial charge on any atom is 0.308 e. The number of ether oxygens (including phenoxy) is 1. The second kappa shape index (κ2) is 4.52. The fraction of sp³-hybridized carbons (Fsp3) is 0.917. The van der Waals surface area contributed by atoms with E-state index in [1.165, 1.54) is 12.8 Å². The van der Waals surface area contributed by atoms with Crippen molar-refractivity contribution in [2.75, 3.05) is 0 Å². The summed E-state index contributed by atoms with van der Waals surface area (Å²) in [5, 5.41) is 10.0. The minimum atomic E-state index is -0.754. The van der Waals surface area contributed by atoms with Crippen molar-refractivity contribution < 1.29 is 14.6 Å². The first-order chi connectivity index (χ1) is 7.18. The molecular weight excluding hydrogens is 192 g/mol. The molecule has 0 aromatic rings. The summed E-state index contributed by atoms with van der Waals surface area (Å²) in [6, 6.07) is 0. The van der Waals surface area contributed by atoms with Crippen LogP contribution in [0.4, 0.5) is 0 Å². The largest absolute Gasteiger partial charge is 0.462 e. The van der Waals surface area contributed by atoms with E-state index in [2.05, 4.69) is 0 Å². The number of carbonyl (C=O) groups excluding carboxylic acids is 1. The lowest BCUT2D eigenvalue weighted by Gasteiger charge is -2.21. The summed E-state index contributed by atoms with van der Waals surface area (Å²) in [7, 11) is 0. The van der Waals surface area contributed by atoms with Gasteiger partial charge < -0.3 is 9.84 Å². The molecule has 0 aromatic carbocycles. The molecule has 0 aromatic heterocycles. The Balaban J connectivity index is 1.76. The zero-order chi connectivity index (χ0) is 10.7. The molecule has 0 atom stereocenters. The molecule has 3 heteroatoms. The van der Waals surface area contributed by atoms with Crippen LogP contribution in [0.3, 0.4) is 0 Å². The molecule has 1 N–H and O–H groups in total. The molecule has 0 radical (unpaired) electrons. The molecule has 0 bridgehead atoms. The third-order valence-electron chi connectivity index (χ3n) is 3.61. The molecule has 0 heterocycles. The van der Waals surface area contributed by atoms with Crippen molar-refractivity contribution in [2.45, 2.75) is 69.5 Å². The van der Waals surface area contributed by atoms with Crippen LogP contribution in [0.1, 0.15) is 57.8 Å². The van der Waals surface area contributed by atoms with Gasteiger partial charge >= 0.3 is 5.97 Å². The van der Waals surface area contributed by atoms with E-state index in [4.69, 9.17) is 4.74 Å². The van der Waals surface area contributed by atoms with Crippen molar-refractivity contribution in [3.63, 3.8) is 0 Å². The Kier molecular flexibility index (Phi) is 3.29. The zero-order valence-corrected chi connectivity index (χ0v) is 9.21. The number of esters is 1. The summed E-state index contributed by atoms with van der Waals surface area (Å²) >= 11 is 0. The van der Waals surface area contributed by atoms with Crippen LogP contribution in [0.25, 0.3) is 0 Å². The van der Waals surface area contributed by atoms with E-state index in [1.807, 2.05) is 0 Å². The van der Waals surface area contributed by atoms with Crippen molar-refractivity contribution in [1.29, 1.82) is 0 Å². The Hall–Kier alpha value is -0.570. The summed E-state index contributed by atoms with van der Waals surface area (Å²) < 4.78 is 5.34. The highest BCUT2D eigenvalue weighted by molar-refractivity contribution is 5.71. The van der Waals surface area contributed by atoms with Gasteiger partial charge in [0.2, 0.25) is 0 Å². The molecule has 2 saturated carbocycles. The average Bonchev–Trinajstić information content (AvgIpc) is 2.76. The molecule has 0 amide bonds. The van der Waals surface area contributed by atoms with Gasteiger partial charge in [-0.2, -0.15) is 0 Å². The van der Waals surface area contributed by atoms with Gasteiger partial charge in [0.15, 0.2) is 0 Å². The van der Waals surface area contributed by atoms with E-state index in [-0.39, 0.29) is 18.5 Å². The zero-order valence-electron chi connectivity index (χ0n) is 9.21. The van der Waals surface area contributed by atoms with Crippen molar-refractivity contribution in [3.8, 4) is 0 Å². The lowest BCUT2D eigenvalue weighted by Crippen LogP contribution is -2.30. The normalized spacial score (nSPS) is 25.7. The first-order valence-corrected chi connectivity index (χ1v) is 6.10. The van der Waals surface area contributed by atoms with Crippen molar-refractivity contribution >= 4 is 5.97 Å². The maximum atomic E-state index is 11.6. The first-order valence-electron chi connectivity index (χ1n) is 6.10.